The first-order valence-electron chi connectivity index (χ1n) is 9.45. The molecule has 0 aromatic carbocycles. The molecular formula is C21H20N8O. The van der Waals surface area contributed by atoms with Crippen molar-refractivity contribution in [1.29, 1.82) is 5.41 Å². The highest BCUT2D eigenvalue weighted by atomic mass is 16.1. The van der Waals surface area contributed by atoms with E-state index >= 15 is 0 Å². The van der Waals surface area contributed by atoms with E-state index < -0.39 is 5.91 Å². The largest absolute Gasteiger partial charge is 0.351 e. The fourth-order valence-corrected chi connectivity index (χ4v) is 2.78. The number of allylic oxidation sites excluding steroid dienone is 1. The Kier molecular flexibility index (Phi) is 5.70. The number of amides is 1. The lowest BCUT2D eigenvalue weighted by Crippen LogP contribution is -2.26. The second-order valence-electron chi connectivity index (χ2n) is 6.72. The molecule has 3 heterocycles. The Hall–Kier alpha value is -4.14. The summed E-state index contributed by atoms with van der Waals surface area (Å²) in [4.78, 5) is 29.7. The van der Waals surface area contributed by atoms with Crippen LogP contribution in [0.5, 0.6) is 0 Å². The van der Waals surface area contributed by atoms with Gasteiger partial charge < -0.3 is 21.4 Å². The Morgan fingerprint density at radius 3 is 2.67 bits per heavy atom. The Morgan fingerprint density at radius 2 is 1.97 bits per heavy atom. The number of aromatic nitrogens is 4. The van der Waals surface area contributed by atoms with Crippen LogP contribution in [0, 0.1) is 5.41 Å². The van der Waals surface area contributed by atoms with Gasteiger partial charge in [-0.3, -0.25) is 4.79 Å². The number of rotatable bonds is 8. The van der Waals surface area contributed by atoms with Crippen molar-refractivity contribution < 1.29 is 4.79 Å². The third-order valence-electron chi connectivity index (χ3n) is 4.42. The molecule has 1 saturated carbocycles. The average molecular weight is 400 g/mol. The Labute approximate surface area is 173 Å². The van der Waals surface area contributed by atoms with Gasteiger partial charge in [0.05, 0.1) is 29.5 Å². The quantitative estimate of drug-likeness (QED) is 0.427. The lowest BCUT2D eigenvalue weighted by Gasteiger charge is -2.13. The summed E-state index contributed by atoms with van der Waals surface area (Å²) in [6.45, 7) is 0. The van der Waals surface area contributed by atoms with Crippen molar-refractivity contribution in [2.75, 3.05) is 10.6 Å². The van der Waals surface area contributed by atoms with Gasteiger partial charge in [-0.2, -0.15) is 0 Å². The zero-order valence-electron chi connectivity index (χ0n) is 16.0. The van der Waals surface area contributed by atoms with Crippen LogP contribution in [0.3, 0.4) is 0 Å². The number of hydrogen-bond donors (Lipinski definition) is 4. The van der Waals surface area contributed by atoms with Gasteiger partial charge in [0.2, 0.25) is 0 Å². The maximum atomic E-state index is 13.0. The van der Waals surface area contributed by atoms with E-state index in [-0.39, 0.29) is 11.4 Å². The summed E-state index contributed by atoms with van der Waals surface area (Å²) in [5, 5.41) is 16.4. The van der Waals surface area contributed by atoms with Crippen molar-refractivity contribution in [2.24, 2.45) is 0 Å². The monoisotopic (exact) mass is 400 g/mol. The minimum Gasteiger partial charge on any atom is -0.351 e. The highest BCUT2D eigenvalue weighted by Crippen LogP contribution is 2.39. The SMILES string of the molecule is N=C/C(=C\Nc1ccccn1)NC(=O)c1nc(C2CC2)ccc1Nc1cncnc1. The molecule has 1 fully saturated rings. The second kappa shape index (κ2) is 8.91. The Balaban J connectivity index is 1.56. The topological polar surface area (TPSA) is 129 Å². The lowest BCUT2D eigenvalue weighted by atomic mass is 10.2. The number of hydrogen-bond acceptors (Lipinski definition) is 8. The van der Waals surface area contributed by atoms with E-state index in [1.165, 1.54) is 12.5 Å². The van der Waals surface area contributed by atoms with Crippen molar-refractivity contribution in [3.8, 4) is 0 Å². The van der Waals surface area contributed by atoms with Gasteiger partial charge in [-0.05, 0) is 37.1 Å². The number of nitrogens with zero attached hydrogens (tertiary/aromatic N) is 4. The van der Waals surface area contributed by atoms with Crippen LogP contribution >= 0.6 is 0 Å². The second-order valence-corrected chi connectivity index (χ2v) is 6.72. The van der Waals surface area contributed by atoms with Crippen LogP contribution in [0.4, 0.5) is 17.2 Å². The maximum absolute atomic E-state index is 13.0. The van der Waals surface area contributed by atoms with Crippen molar-refractivity contribution in [1.82, 2.24) is 25.3 Å². The van der Waals surface area contributed by atoms with Crippen molar-refractivity contribution in [3.63, 3.8) is 0 Å². The van der Waals surface area contributed by atoms with Gasteiger partial charge in [-0.15, -0.1) is 0 Å². The molecule has 0 bridgehead atoms. The zero-order chi connectivity index (χ0) is 20.8. The summed E-state index contributed by atoms with van der Waals surface area (Å²) >= 11 is 0. The number of pyridine rings is 2. The molecule has 0 spiro atoms. The van der Waals surface area contributed by atoms with Gasteiger partial charge in [-0.1, -0.05) is 6.07 Å². The molecule has 9 heteroatoms. The van der Waals surface area contributed by atoms with Gasteiger partial charge >= 0.3 is 0 Å². The predicted octanol–water partition coefficient (Wildman–Crippen LogP) is 3.22. The molecule has 4 N–H and O–H groups in total. The highest BCUT2D eigenvalue weighted by Gasteiger charge is 2.27. The van der Waals surface area contributed by atoms with Crippen molar-refractivity contribution in [3.05, 3.63) is 78.5 Å². The van der Waals surface area contributed by atoms with Crippen LogP contribution in [-0.2, 0) is 0 Å². The van der Waals surface area contributed by atoms with Gasteiger partial charge in [0.15, 0.2) is 5.69 Å². The summed E-state index contributed by atoms with van der Waals surface area (Å²) in [5.41, 5.74) is 2.59. The first kappa shape index (κ1) is 19.2. The average Bonchev–Trinajstić information content (AvgIpc) is 3.63. The maximum Gasteiger partial charge on any atom is 0.276 e. The van der Waals surface area contributed by atoms with E-state index in [0.717, 1.165) is 24.8 Å². The fourth-order valence-electron chi connectivity index (χ4n) is 2.78. The smallest absolute Gasteiger partial charge is 0.276 e. The molecule has 0 aliphatic heterocycles. The van der Waals surface area contributed by atoms with Crippen LogP contribution in [0.15, 0.2) is 67.1 Å². The first-order chi connectivity index (χ1) is 14.7. The third kappa shape index (κ3) is 4.82. The lowest BCUT2D eigenvalue weighted by molar-refractivity contribution is 0.0964. The molecular weight excluding hydrogens is 380 g/mol. The molecule has 9 nitrogen and oxygen atoms in total. The molecule has 1 aliphatic carbocycles. The molecule has 30 heavy (non-hydrogen) atoms. The number of anilines is 3. The van der Waals surface area contributed by atoms with Gasteiger partial charge in [0.1, 0.15) is 12.1 Å². The first-order valence-corrected chi connectivity index (χ1v) is 9.45. The predicted molar refractivity (Wildman–Crippen MR) is 114 cm³/mol. The van der Waals surface area contributed by atoms with Gasteiger partial charge in [-0.25, -0.2) is 19.9 Å². The standard InChI is InChI=1S/C21H20N8O/c22-9-15(12-26-19-3-1-2-8-25-19)28-21(30)20-18(27-16-10-23-13-24-11-16)7-6-17(29-20)14-4-5-14/h1-3,6-14,22,27H,4-5H2,(H,25,26)(H,28,30)/b15-12+,22-9?. The molecule has 0 atom stereocenters. The van der Waals surface area contributed by atoms with Crippen molar-refractivity contribution in [2.45, 2.75) is 18.8 Å². The summed E-state index contributed by atoms with van der Waals surface area (Å²) in [6.07, 6.45) is 11.0. The van der Waals surface area contributed by atoms with Crippen LogP contribution in [-0.4, -0.2) is 32.1 Å². The van der Waals surface area contributed by atoms with E-state index in [4.69, 9.17) is 5.41 Å². The molecule has 0 saturated heterocycles. The van der Waals surface area contributed by atoms with E-state index in [2.05, 4.69) is 35.9 Å². The Bertz CT molecular complexity index is 1060. The summed E-state index contributed by atoms with van der Waals surface area (Å²) < 4.78 is 0. The molecule has 3 aromatic heterocycles. The zero-order valence-corrected chi connectivity index (χ0v) is 16.0. The minimum absolute atomic E-state index is 0.244. The molecule has 3 aromatic rings. The van der Waals surface area contributed by atoms with Gasteiger partial charge in [0.25, 0.3) is 5.91 Å². The number of carbonyl (C=O) groups is 1. The van der Waals surface area contributed by atoms with E-state index in [0.29, 0.717) is 23.1 Å². The van der Waals surface area contributed by atoms with Crippen LogP contribution in [0.25, 0.3) is 0 Å². The van der Waals surface area contributed by atoms with Crippen LogP contribution in [0.1, 0.15) is 34.9 Å². The highest BCUT2D eigenvalue weighted by molar-refractivity contribution is 6.01. The van der Waals surface area contributed by atoms with Crippen molar-refractivity contribution >= 4 is 29.3 Å². The summed E-state index contributed by atoms with van der Waals surface area (Å²) in [5.74, 6) is 0.579. The number of carbonyl (C=O) groups excluding carboxylic acids is 1. The molecule has 1 amide bonds. The normalized spacial score (nSPS) is 13.4. The fraction of sp³-hybridized carbons (Fsp3) is 0.143. The van der Waals surface area contributed by atoms with E-state index in [9.17, 15) is 4.79 Å². The molecule has 0 unspecified atom stereocenters. The van der Waals surface area contributed by atoms with E-state index in [1.807, 2.05) is 18.2 Å². The van der Waals surface area contributed by atoms with Crippen LogP contribution < -0.4 is 16.0 Å². The summed E-state index contributed by atoms with van der Waals surface area (Å²) in [7, 11) is 0. The summed E-state index contributed by atoms with van der Waals surface area (Å²) in [6, 6.07) is 9.19. The van der Waals surface area contributed by atoms with E-state index in [1.54, 1.807) is 30.7 Å². The third-order valence-corrected chi connectivity index (χ3v) is 4.42. The van der Waals surface area contributed by atoms with Gasteiger partial charge in [0, 0.05) is 30.2 Å². The molecule has 0 radical (unpaired) electrons. The Morgan fingerprint density at radius 1 is 1.13 bits per heavy atom. The molecule has 4 rings (SSSR count). The molecule has 1 aliphatic rings. The van der Waals surface area contributed by atoms with Crippen LogP contribution in [0.2, 0.25) is 0 Å². The number of nitrogens with one attached hydrogen (secondary N) is 4. The minimum atomic E-state index is -0.422. The molecule has 150 valence electrons.